The van der Waals surface area contributed by atoms with Gasteiger partial charge in [0.2, 0.25) is 0 Å². The summed E-state index contributed by atoms with van der Waals surface area (Å²) in [6, 6.07) is 2.19. The number of nitrogens with zero attached hydrogens (tertiary/aromatic N) is 1. The summed E-state index contributed by atoms with van der Waals surface area (Å²) >= 11 is 0. The minimum Gasteiger partial charge on any atom is -0.295 e. The molecule has 0 aromatic heterocycles. The highest BCUT2D eigenvalue weighted by molar-refractivity contribution is 5.95. The third-order valence-corrected chi connectivity index (χ3v) is 2.45. The molecule has 1 aromatic rings. The van der Waals surface area contributed by atoms with E-state index < -0.39 is 22.6 Å². The first-order chi connectivity index (χ1) is 7.88. The number of nitro groups is 1. The molecule has 0 aliphatic rings. The second kappa shape index (κ2) is 4.99. The van der Waals surface area contributed by atoms with E-state index in [4.69, 9.17) is 0 Å². The van der Waals surface area contributed by atoms with Crippen LogP contribution in [0.1, 0.15) is 41.8 Å². The lowest BCUT2D eigenvalue weighted by Gasteiger charge is -2.09. The molecule has 0 aliphatic carbocycles. The molecule has 1 aromatic carbocycles. The second-order valence-electron chi connectivity index (χ2n) is 3.54. The summed E-state index contributed by atoms with van der Waals surface area (Å²) in [5, 5.41) is 10.7. The van der Waals surface area contributed by atoms with E-state index in [1.807, 2.05) is 0 Å². The molecule has 0 atom stereocenters. The van der Waals surface area contributed by atoms with E-state index in [-0.39, 0.29) is 23.3 Å². The second-order valence-corrected chi connectivity index (χ2v) is 3.54. The lowest BCUT2D eigenvalue weighted by molar-refractivity contribution is -0.386. The van der Waals surface area contributed by atoms with Crippen LogP contribution in [0.2, 0.25) is 0 Å². The van der Waals surface area contributed by atoms with Crippen LogP contribution in [0.15, 0.2) is 12.1 Å². The van der Waals surface area contributed by atoms with Crippen molar-refractivity contribution in [3.63, 3.8) is 0 Å². The summed E-state index contributed by atoms with van der Waals surface area (Å²) in [6.45, 7) is 2.84. The Morgan fingerprint density at radius 1 is 1.47 bits per heavy atom. The Kier molecular flexibility index (Phi) is 3.88. The van der Waals surface area contributed by atoms with Gasteiger partial charge in [-0.05, 0) is 25.0 Å². The van der Waals surface area contributed by atoms with Crippen molar-refractivity contribution in [1.29, 1.82) is 0 Å². The van der Waals surface area contributed by atoms with E-state index in [0.717, 1.165) is 6.07 Å². The van der Waals surface area contributed by atoms with Crippen molar-refractivity contribution in [3.8, 4) is 0 Å². The first-order valence-electron chi connectivity index (χ1n) is 4.98. The Morgan fingerprint density at radius 2 is 2.06 bits per heavy atom. The van der Waals surface area contributed by atoms with Crippen LogP contribution in [0.5, 0.6) is 0 Å². The molecule has 0 aliphatic heterocycles. The van der Waals surface area contributed by atoms with Gasteiger partial charge in [0, 0.05) is 11.6 Å². The molecule has 0 saturated heterocycles. The molecule has 0 heterocycles. The van der Waals surface area contributed by atoms with Gasteiger partial charge in [0.25, 0.3) is 12.1 Å². The molecule has 0 bridgehead atoms. The lowest BCUT2D eigenvalue weighted by atomic mass is 9.98. The molecule has 0 saturated carbocycles. The number of nitro benzene ring substituents is 1. The topological polar surface area (TPSA) is 60.2 Å². The molecule has 0 fully saturated rings. The van der Waals surface area contributed by atoms with Gasteiger partial charge in [-0.2, -0.15) is 0 Å². The van der Waals surface area contributed by atoms with E-state index in [2.05, 4.69) is 0 Å². The standard InChI is InChI=1S/C11H11F2NO3/c1-3-7-4-8(6(2)15)5-9(14(16)17)10(7)11(12)13/h4-5,11H,3H2,1-2H3. The van der Waals surface area contributed by atoms with Gasteiger partial charge in [0.05, 0.1) is 10.5 Å². The van der Waals surface area contributed by atoms with Crippen molar-refractivity contribution in [3.05, 3.63) is 38.9 Å². The number of hydrogen-bond acceptors (Lipinski definition) is 3. The van der Waals surface area contributed by atoms with Crippen LogP contribution in [0.25, 0.3) is 0 Å². The molecule has 17 heavy (non-hydrogen) atoms. The summed E-state index contributed by atoms with van der Waals surface area (Å²) in [5.74, 6) is -0.386. The van der Waals surface area contributed by atoms with Crippen molar-refractivity contribution in [2.24, 2.45) is 0 Å². The SMILES string of the molecule is CCc1cc(C(C)=O)cc([N+](=O)[O-])c1C(F)F. The van der Waals surface area contributed by atoms with Gasteiger partial charge in [-0.1, -0.05) is 6.92 Å². The number of benzene rings is 1. The van der Waals surface area contributed by atoms with Crippen molar-refractivity contribution in [2.45, 2.75) is 26.7 Å². The minimum atomic E-state index is -2.92. The first kappa shape index (κ1) is 13.2. The molecule has 0 amide bonds. The number of carbonyl (C=O) groups is 1. The van der Waals surface area contributed by atoms with Crippen LogP contribution in [-0.4, -0.2) is 10.7 Å². The third kappa shape index (κ3) is 2.64. The average Bonchev–Trinajstić information content (AvgIpc) is 2.26. The van der Waals surface area contributed by atoms with Gasteiger partial charge < -0.3 is 0 Å². The molecular weight excluding hydrogens is 232 g/mol. The van der Waals surface area contributed by atoms with Gasteiger partial charge in [-0.25, -0.2) is 8.78 Å². The number of alkyl halides is 2. The number of carbonyl (C=O) groups excluding carboxylic acids is 1. The fraction of sp³-hybridized carbons (Fsp3) is 0.364. The molecule has 6 heteroatoms. The summed E-state index contributed by atoms with van der Waals surface area (Å²) in [5.41, 5.74) is -1.07. The zero-order valence-corrected chi connectivity index (χ0v) is 9.37. The Bertz CT molecular complexity index is 472. The number of hydrogen-bond donors (Lipinski definition) is 0. The fourth-order valence-corrected chi connectivity index (χ4v) is 1.60. The predicted octanol–water partition coefficient (Wildman–Crippen LogP) is 3.30. The van der Waals surface area contributed by atoms with Crippen LogP contribution in [0, 0.1) is 10.1 Å². The van der Waals surface area contributed by atoms with Crippen molar-refractivity contribution in [2.75, 3.05) is 0 Å². The highest BCUT2D eigenvalue weighted by atomic mass is 19.3. The Hall–Kier alpha value is -1.85. The fourth-order valence-electron chi connectivity index (χ4n) is 1.60. The number of aryl methyl sites for hydroxylation is 1. The molecule has 0 unspecified atom stereocenters. The molecule has 92 valence electrons. The molecule has 0 spiro atoms. The Morgan fingerprint density at radius 3 is 2.41 bits per heavy atom. The van der Waals surface area contributed by atoms with Crippen LogP contribution in [-0.2, 0) is 6.42 Å². The number of ketones is 1. The highest BCUT2D eigenvalue weighted by Crippen LogP contribution is 2.33. The number of Topliss-reactive ketones (excluding diaryl/α,β-unsaturated/α-hetero) is 1. The van der Waals surface area contributed by atoms with E-state index in [9.17, 15) is 23.7 Å². The van der Waals surface area contributed by atoms with E-state index in [1.165, 1.54) is 13.0 Å². The zero-order chi connectivity index (χ0) is 13.2. The zero-order valence-electron chi connectivity index (χ0n) is 9.37. The molecule has 0 radical (unpaired) electrons. The quantitative estimate of drug-likeness (QED) is 0.463. The van der Waals surface area contributed by atoms with Gasteiger partial charge >= 0.3 is 0 Å². The average molecular weight is 243 g/mol. The Labute approximate surface area is 96.4 Å². The molecule has 1 rings (SSSR count). The van der Waals surface area contributed by atoms with Crippen LogP contribution in [0.4, 0.5) is 14.5 Å². The van der Waals surface area contributed by atoms with E-state index >= 15 is 0 Å². The largest absolute Gasteiger partial charge is 0.295 e. The van der Waals surface area contributed by atoms with Gasteiger partial charge in [-0.15, -0.1) is 0 Å². The van der Waals surface area contributed by atoms with Crippen LogP contribution in [0.3, 0.4) is 0 Å². The lowest BCUT2D eigenvalue weighted by Crippen LogP contribution is -2.04. The summed E-state index contributed by atoms with van der Waals surface area (Å²) in [7, 11) is 0. The van der Waals surface area contributed by atoms with Gasteiger partial charge in [0.1, 0.15) is 0 Å². The normalized spacial score (nSPS) is 10.6. The monoisotopic (exact) mass is 243 g/mol. The maximum Gasteiger partial charge on any atom is 0.279 e. The smallest absolute Gasteiger partial charge is 0.279 e. The Balaban J connectivity index is 3.57. The van der Waals surface area contributed by atoms with Crippen molar-refractivity contribution in [1.82, 2.24) is 0 Å². The van der Waals surface area contributed by atoms with E-state index in [1.54, 1.807) is 6.92 Å². The van der Waals surface area contributed by atoms with E-state index in [0.29, 0.717) is 0 Å². The van der Waals surface area contributed by atoms with Crippen molar-refractivity contribution < 1.29 is 18.5 Å². The van der Waals surface area contributed by atoms with Crippen LogP contribution >= 0.6 is 0 Å². The third-order valence-electron chi connectivity index (χ3n) is 2.45. The number of halogens is 2. The summed E-state index contributed by atoms with van der Waals surface area (Å²) in [6.07, 6.45) is -2.71. The maximum atomic E-state index is 12.8. The number of rotatable bonds is 4. The van der Waals surface area contributed by atoms with Gasteiger partial charge in [-0.3, -0.25) is 14.9 Å². The first-order valence-corrected chi connectivity index (χ1v) is 4.98. The van der Waals surface area contributed by atoms with Crippen LogP contribution < -0.4 is 0 Å². The molecule has 4 nitrogen and oxygen atoms in total. The minimum absolute atomic E-state index is 0.0814. The predicted molar refractivity (Wildman–Crippen MR) is 57.4 cm³/mol. The summed E-state index contributed by atoms with van der Waals surface area (Å²) in [4.78, 5) is 21.0. The van der Waals surface area contributed by atoms with Crippen molar-refractivity contribution >= 4 is 11.5 Å². The molecular formula is C11H11F2NO3. The highest BCUT2D eigenvalue weighted by Gasteiger charge is 2.26. The maximum absolute atomic E-state index is 12.8. The summed E-state index contributed by atoms with van der Waals surface area (Å²) < 4.78 is 25.6. The van der Waals surface area contributed by atoms with Gasteiger partial charge in [0.15, 0.2) is 5.78 Å². The molecule has 0 N–H and O–H groups in total.